The summed E-state index contributed by atoms with van der Waals surface area (Å²) in [7, 11) is 1.60. The van der Waals surface area contributed by atoms with E-state index < -0.39 is 0 Å². The van der Waals surface area contributed by atoms with Gasteiger partial charge < -0.3 is 20.1 Å². The zero-order valence-electron chi connectivity index (χ0n) is 12.1. The Morgan fingerprint density at radius 3 is 2.58 bits per heavy atom. The highest BCUT2D eigenvalue weighted by Crippen LogP contribution is 2.34. The Kier molecular flexibility index (Phi) is 4.66. The molecule has 4 heteroatoms. The summed E-state index contributed by atoms with van der Waals surface area (Å²) in [5.74, 6) is 0.851. The lowest BCUT2D eigenvalue weighted by atomic mass is 9.99. The van der Waals surface area contributed by atoms with Crippen molar-refractivity contribution in [1.29, 1.82) is 0 Å². The van der Waals surface area contributed by atoms with Gasteiger partial charge in [-0.15, -0.1) is 0 Å². The fourth-order valence-electron chi connectivity index (χ4n) is 2.67. The first-order chi connectivity index (χ1) is 9.13. The van der Waals surface area contributed by atoms with Gasteiger partial charge in [-0.25, -0.2) is 0 Å². The first-order valence-electron chi connectivity index (χ1n) is 6.92. The molecule has 1 aliphatic heterocycles. The van der Waals surface area contributed by atoms with Crippen LogP contribution in [0.3, 0.4) is 0 Å². The highest BCUT2D eigenvalue weighted by Gasteiger charge is 2.14. The molecule has 0 atom stereocenters. The summed E-state index contributed by atoms with van der Waals surface area (Å²) in [4.78, 5) is 2.46. The number of ether oxygens (including phenoxy) is 1. The molecular formula is C15H24N2O2. The van der Waals surface area contributed by atoms with Crippen molar-refractivity contribution >= 4 is 0 Å². The van der Waals surface area contributed by atoms with Crippen LogP contribution in [0.5, 0.6) is 11.5 Å². The number of piperazine rings is 1. The van der Waals surface area contributed by atoms with E-state index in [1.54, 1.807) is 7.11 Å². The molecule has 0 unspecified atom stereocenters. The van der Waals surface area contributed by atoms with Crippen LogP contribution in [0.25, 0.3) is 0 Å². The Morgan fingerprint density at radius 2 is 1.95 bits per heavy atom. The van der Waals surface area contributed by atoms with Gasteiger partial charge in [0.25, 0.3) is 0 Å². The SMILES string of the molecule is COc1c(O)cc(CCN2CCNCC2)c(C)c1C. The molecule has 2 N–H and O–H groups in total. The summed E-state index contributed by atoms with van der Waals surface area (Å²) in [6.07, 6.45) is 0.976. The first-order valence-corrected chi connectivity index (χ1v) is 6.92. The third kappa shape index (κ3) is 3.19. The van der Waals surface area contributed by atoms with Gasteiger partial charge in [0, 0.05) is 32.7 Å². The predicted octanol–water partition coefficient (Wildman–Crippen LogP) is 1.47. The molecule has 1 heterocycles. The maximum absolute atomic E-state index is 9.98. The second kappa shape index (κ2) is 6.26. The fourth-order valence-corrected chi connectivity index (χ4v) is 2.67. The van der Waals surface area contributed by atoms with Crippen molar-refractivity contribution in [2.45, 2.75) is 20.3 Å². The van der Waals surface area contributed by atoms with Crippen LogP contribution in [0.4, 0.5) is 0 Å². The quantitative estimate of drug-likeness (QED) is 0.864. The van der Waals surface area contributed by atoms with Gasteiger partial charge in [-0.3, -0.25) is 0 Å². The molecule has 0 saturated carbocycles. The van der Waals surface area contributed by atoms with E-state index in [9.17, 15) is 5.11 Å². The fraction of sp³-hybridized carbons (Fsp3) is 0.600. The molecule has 4 nitrogen and oxygen atoms in total. The number of phenolic OH excluding ortho intramolecular Hbond substituents is 1. The minimum atomic E-state index is 0.251. The minimum Gasteiger partial charge on any atom is -0.504 e. The zero-order chi connectivity index (χ0) is 13.8. The van der Waals surface area contributed by atoms with E-state index in [2.05, 4.69) is 17.1 Å². The van der Waals surface area contributed by atoms with E-state index in [-0.39, 0.29) is 5.75 Å². The number of nitrogens with zero attached hydrogens (tertiary/aromatic N) is 1. The minimum absolute atomic E-state index is 0.251. The van der Waals surface area contributed by atoms with Crippen molar-refractivity contribution in [3.63, 3.8) is 0 Å². The topological polar surface area (TPSA) is 44.7 Å². The molecule has 0 aromatic heterocycles. The van der Waals surface area contributed by atoms with E-state index in [0.717, 1.165) is 44.7 Å². The number of nitrogens with one attached hydrogen (secondary N) is 1. The van der Waals surface area contributed by atoms with Crippen molar-refractivity contribution in [1.82, 2.24) is 10.2 Å². The van der Waals surface area contributed by atoms with E-state index in [1.165, 1.54) is 11.1 Å². The van der Waals surface area contributed by atoms with Gasteiger partial charge in [0.05, 0.1) is 7.11 Å². The first kappa shape index (κ1) is 14.2. The summed E-state index contributed by atoms with van der Waals surface area (Å²) >= 11 is 0. The van der Waals surface area contributed by atoms with Crippen LogP contribution in [-0.2, 0) is 6.42 Å². The van der Waals surface area contributed by atoms with Gasteiger partial charge in [0.15, 0.2) is 11.5 Å². The van der Waals surface area contributed by atoms with E-state index in [1.807, 2.05) is 13.0 Å². The molecule has 0 bridgehead atoms. The lowest BCUT2D eigenvalue weighted by molar-refractivity contribution is 0.243. The molecule has 1 aromatic carbocycles. The van der Waals surface area contributed by atoms with Crippen LogP contribution in [0.2, 0.25) is 0 Å². The van der Waals surface area contributed by atoms with Crippen molar-refractivity contribution in [2.75, 3.05) is 39.8 Å². The van der Waals surface area contributed by atoms with Gasteiger partial charge >= 0.3 is 0 Å². The van der Waals surface area contributed by atoms with Crippen molar-refractivity contribution in [3.8, 4) is 11.5 Å². The number of hydrogen-bond donors (Lipinski definition) is 2. The number of methoxy groups -OCH3 is 1. The standard InChI is InChI=1S/C15H24N2O2/c1-11-12(2)15(19-3)14(18)10-13(11)4-7-17-8-5-16-6-9-17/h10,16,18H,4-9H2,1-3H3. The van der Waals surface area contributed by atoms with Crippen LogP contribution in [-0.4, -0.2) is 49.8 Å². The molecule has 0 spiro atoms. The molecule has 1 aliphatic rings. The average Bonchev–Trinajstić information content (AvgIpc) is 2.43. The van der Waals surface area contributed by atoms with Crippen LogP contribution >= 0.6 is 0 Å². The number of benzene rings is 1. The third-order valence-electron chi connectivity index (χ3n) is 4.04. The average molecular weight is 264 g/mol. The van der Waals surface area contributed by atoms with Crippen molar-refractivity contribution < 1.29 is 9.84 Å². The van der Waals surface area contributed by atoms with Crippen LogP contribution in [0.1, 0.15) is 16.7 Å². The van der Waals surface area contributed by atoms with Crippen molar-refractivity contribution in [3.05, 3.63) is 22.8 Å². The Morgan fingerprint density at radius 1 is 1.26 bits per heavy atom. The molecular weight excluding hydrogens is 240 g/mol. The van der Waals surface area contributed by atoms with Gasteiger partial charge in [-0.2, -0.15) is 0 Å². The molecule has 0 amide bonds. The van der Waals surface area contributed by atoms with Gasteiger partial charge in [0.1, 0.15) is 0 Å². The van der Waals surface area contributed by atoms with Crippen LogP contribution in [0.15, 0.2) is 6.07 Å². The van der Waals surface area contributed by atoms with E-state index in [0.29, 0.717) is 5.75 Å². The number of phenols is 1. The van der Waals surface area contributed by atoms with Crippen LogP contribution < -0.4 is 10.1 Å². The Hall–Kier alpha value is -1.26. The van der Waals surface area contributed by atoms with Crippen molar-refractivity contribution in [2.24, 2.45) is 0 Å². The molecule has 2 rings (SSSR count). The Balaban J connectivity index is 2.07. The maximum Gasteiger partial charge on any atom is 0.163 e. The third-order valence-corrected chi connectivity index (χ3v) is 4.04. The summed E-state index contributed by atoms with van der Waals surface area (Å²) in [5, 5.41) is 13.3. The molecule has 1 saturated heterocycles. The second-order valence-electron chi connectivity index (χ2n) is 5.18. The summed E-state index contributed by atoms with van der Waals surface area (Å²) in [6, 6.07) is 1.85. The molecule has 106 valence electrons. The Labute approximate surface area is 115 Å². The highest BCUT2D eigenvalue weighted by atomic mass is 16.5. The molecule has 1 fully saturated rings. The summed E-state index contributed by atoms with van der Waals surface area (Å²) < 4.78 is 5.24. The largest absolute Gasteiger partial charge is 0.504 e. The number of aromatic hydroxyl groups is 1. The zero-order valence-corrected chi connectivity index (χ0v) is 12.1. The predicted molar refractivity (Wildman–Crippen MR) is 77.1 cm³/mol. The second-order valence-corrected chi connectivity index (χ2v) is 5.18. The number of rotatable bonds is 4. The smallest absolute Gasteiger partial charge is 0.163 e. The summed E-state index contributed by atoms with van der Waals surface area (Å²) in [5.41, 5.74) is 3.48. The van der Waals surface area contributed by atoms with E-state index >= 15 is 0 Å². The molecule has 19 heavy (non-hydrogen) atoms. The van der Waals surface area contributed by atoms with Gasteiger partial charge in [-0.05, 0) is 43.0 Å². The summed E-state index contributed by atoms with van der Waals surface area (Å²) in [6.45, 7) is 9.53. The monoisotopic (exact) mass is 264 g/mol. The number of hydrogen-bond acceptors (Lipinski definition) is 4. The normalized spacial score (nSPS) is 16.6. The van der Waals surface area contributed by atoms with Gasteiger partial charge in [-0.1, -0.05) is 0 Å². The molecule has 1 aromatic rings. The highest BCUT2D eigenvalue weighted by molar-refractivity contribution is 5.52. The lowest BCUT2D eigenvalue weighted by Gasteiger charge is -2.27. The van der Waals surface area contributed by atoms with E-state index in [4.69, 9.17) is 4.74 Å². The Bertz CT molecular complexity index is 440. The lowest BCUT2D eigenvalue weighted by Crippen LogP contribution is -2.44. The molecule has 0 aliphatic carbocycles. The maximum atomic E-state index is 9.98. The van der Waals surface area contributed by atoms with Gasteiger partial charge in [0.2, 0.25) is 0 Å². The molecule has 0 radical (unpaired) electrons. The van der Waals surface area contributed by atoms with Crippen LogP contribution in [0, 0.1) is 13.8 Å².